The summed E-state index contributed by atoms with van der Waals surface area (Å²) in [5, 5.41) is 2.82. The lowest BCUT2D eigenvalue weighted by atomic mass is 10.1. The first-order valence-electron chi connectivity index (χ1n) is 6.40. The van der Waals surface area contributed by atoms with E-state index in [0.717, 1.165) is 21.5 Å². The van der Waals surface area contributed by atoms with Gasteiger partial charge >= 0.3 is 5.97 Å². The van der Waals surface area contributed by atoms with Crippen LogP contribution in [-0.4, -0.2) is 17.6 Å². The second-order valence-corrected chi connectivity index (χ2v) is 5.22. The molecule has 0 aliphatic heterocycles. The number of hydrogen-bond donors (Lipinski definition) is 0. The molecular formula is C16H13NO2S. The number of thiophene rings is 1. The van der Waals surface area contributed by atoms with Gasteiger partial charge in [0.1, 0.15) is 0 Å². The summed E-state index contributed by atoms with van der Waals surface area (Å²) < 4.78 is 5.15. The monoisotopic (exact) mass is 283 g/mol. The van der Waals surface area contributed by atoms with Crippen molar-refractivity contribution in [3.63, 3.8) is 0 Å². The van der Waals surface area contributed by atoms with Crippen molar-refractivity contribution in [2.75, 3.05) is 6.61 Å². The van der Waals surface area contributed by atoms with E-state index in [-0.39, 0.29) is 5.97 Å². The maximum atomic E-state index is 12.1. The molecular weight excluding hydrogens is 270 g/mol. The van der Waals surface area contributed by atoms with Crippen LogP contribution in [0.4, 0.5) is 0 Å². The molecule has 0 radical (unpaired) electrons. The van der Waals surface area contributed by atoms with E-state index in [0.29, 0.717) is 12.2 Å². The van der Waals surface area contributed by atoms with Gasteiger partial charge in [0.2, 0.25) is 0 Å². The number of rotatable bonds is 3. The van der Waals surface area contributed by atoms with Crippen LogP contribution in [0.25, 0.3) is 21.5 Å². The molecule has 0 unspecified atom stereocenters. The zero-order valence-corrected chi connectivity index (χ0v) is 11.8. The Balaban J connectivity index is 2.22. The largest absolute Gasteiger partial charge is 0.462 e. The Morgan fingerprint density at radius 3 is 2.85 bits per heavy atom. The predicted octanol–water partition coefficient (Wildman–Crippen LogP) is 4.14. The second kappa shape index (κ2) is 5.43. The van der Waals surface area contributed by atoms with Gasteiger partial charge in [-0.1, -0.05) is 24.3 Å². The summed E-state index contributed by atoms with van der Waals surface area (Å²) in [5.74, 6) is -0.302. The van der Waals surface area contributed by atoms with Gasteiger partial charge in [0, 0.05) is 5.39 Å². The average Bonchev–Trinajstić information content (AvgIpc) is 3.00. The smallest absolute Gasteiger partial charge is 0.338 e. The molecule has 1 aromatic carbocycles. The highest BCUT2D eigenvalue weighted by Crippen LogP contribution is 2.28. The van der Waals surface area contributed by atoms with Gasteiger partial charge < -0.3 is 4.74 Å². The molecule has 0 aliphatic rings. The molecule has 3 rings (SSSR count). The number of benzene rings is 1. The highest BCUT2D eigenvalue weighted by atomic mass is 32.1. The third-order valence-corrected chi connectivity index (χ3v) is 3.88. The number of carbonyl (C=O) groups is 1. The summed E-state index contributed by atoms with van der Waals surface area (Å²) in [6, 6.07) is 13.4. The normalized spacial score (nSPS) is 10.7. The molecule has 0 bridgehead atoms. The van der Waals surface area contributed by atoms with E-state index in [1.807, 2.05) is 54.8 Å². The van der Waals surface area contributed by atoms with Crippen LogP contribution in [0.1, 0.15) is 17.3 Å². The average molecular weight is 283 g/mol. The molecule has 0 saturated carbocycles. The van der Waals surface area contributed by atoms with Gasteiger partial charge in [-0.15, -0.1) is 11.3 Å². The van der Waals surface area contributed by atoms with Gasteiger partial charge in [-0.25, -0.2) is 9.78 Å². The fourth-order valence-electron chi connectivity index (χ4n) is 2.10. The fraction of sp³-hybridized carbons (Fsp3) is 0.125. The minimum Gasteiger partial charge on any atom is -0.462 e. The van der Waals surface area contributed by atoms with Crippen molar-refractivity contribution < 1.29 is 9.53 Å². The molecule has 2 aromatic heterocycles. The Kier molecular flexibility index (Phi) is 3.48. The number of fused-ring (bicyclic) bond motifs is 1. The first kappa shape index (κ1) is 12.8. The molecule has 0 fully saturated rings. The number of esters is 1. The van der Waals surface area contributed by atoms with Gasteiger partial charge in [0.15, 0.2) is 0 Å². The molecule has 0 amide bonds. The van der Waals surface area contributed by atoms with Crippen LogP contribution in [-0.2, 0) is 4.74 Å². The number of para-hydroxylation sites is 1. The van der Waals surface area contributed by atoms with Crippen molar-refractivity contribution in [2.24, 2.45) is 0 Å². The quantitative estimate of drug-likeness (QED) is 0.678. The van der Waals surface area contributed by atoms with Gasteiger partial charge in [0.05, 0.1) is 28.3 Å². The second-order valence-electron chi connectivity index (χ2n) is 4.27. The number of aromatic nitrogens is 1. The number of carbonyl (C=O) groups excluding carboxylic acids is 1. The first-order valence-corrected chi connectivity index (χ1v) is 7.28. The highest BCUT2D eigenvalue weighted by Gasteiger charge is 2.14. The van der Waals surface area contributed by atoms with Crippen LogP contribution in [0.2, 0.25) is 0 Å². The molecule has 2 heterocycles. The zero-order valence-electron chi connectivity index (χ0n) is 11.0. The van der Waals surface area contributed by atoms with Gasteiger partial charge in [-0.05, 0) is 30.5 Å². The Bertz CT molecular complexity index is 750. The van der Waals surface area contributed by atoms with Crippen LogP contribution in [0.3, 0.4) is 0 Å². The van der Waals surface area contributed by atoms with Crippen molar-refractivity contribution >= 4 is 28.2 Å². The van der Waals surface area contributed by atoms with E-state index >= 15 is 0 Å². The SMILES string of the molecule is CCOC(=O)c1cc(-c2cccs2)nc2ccccc12. The van der Waals surface area contributed by atoms with Crippen LogP contribution in [0, 0.1) is 0 Å². The van der Waals surface area contributed by atoms with E-state index in [4.69, 9.17) is 4.74 Å². The lowest BCUT2D eigenvalue weighted by molar-refractivity contribution is 0.0528. The van der Waals surface area contributed by atoms with Crippen LogP contribution in [0.15, 0.2) is 47.8 Å². The standard InChI is InChI=1S/C16H13NO2S/c1-2-19-16(18)12-10-14(15-8-5-9-20-15)17-13-7-4-3-6-11(12)13/h3-10H,2H2,1H3. The van der Waals surface area contributed by atoms with E-state index in [1.165, 1.54) is 0 Å². The van der Waals surface area contributed by atoms with Crippen LogP contribution in [0.5, 0.6) is 0 Å². The van der Waals surface area contributed by atoms with Gasteiger partial charge in [-0.3, -0.25) is 0 Å². The highest BCUT2D eigenvalue weighted by molar-refractivity contribution is 7.13. The fourth-order valence-corrected chi connectivity index (χ4v) is 2.79. The summed E-state index contributed by atoms with van der Waals surface area (Å²) in [6.07, 6.45) is 0. The van der Waals surface area contributed by atoms with E-state index < -0.39 is 0 Å². The molecule has 3 aromatic rings. The third-order valence-electron chi connectivity index (χ3n) is 2.99. The zero-order chi connectivity index (χ0) is 13.9. The lowest BCUT2D eigenvalue weighted by Gasteiger charge is -2.08. The molecule has 3 nitrogen and oxygen atoms in total. The summed E-state index contributed by atoms with van der Waals surface area (Å²) in [4.78, 5) is 17.8. The number of hydrogen-bond acceptors (Lipinski definition) is 4. The molecule has 100 valence electrons. The molecule has 4 heteroatoms. The topological polar surface area (TPSA) is 39.2 Å². The molecule has 20 heavy (non-hydrogen) atoms. The van der Waals surface area contributed by atoms with E-state index in [9.17, 15) is 4.79 Å². The van der Waals surface area contributed by atoms with Crippen molar-refractivity contribution in [3.8, 4) is 10.6 Å². The van der Waals surface area contributed by atoms with E-state index in [2.05, 4.69) is 4.98 Å². The van der Waals surface area contributed by atoms with Crippen molar-refractivity contribution in [1.29, 1.82) is 0 Å². The number of ether oxygens (including phenoxy) is 1. The van der Waals surface area contributed by atoms with E-state index in [1.54, 1.807) is 11.3 Å². The number of pyridine rings is 1. The summed E-state index contributed by atoms with van der Waals surface area (Å²) in [6.45, 7) is 2.17. The third kappa shape index (κ3) is 2.30. The molecule has 0 atom stereocenters. The maximum Gasteiger partial charge on any atom is 0.338 e. The number of nitrogens with zero attached hydrogens (tertiary/aromatic N) is 1. The molecule has 0 saturated heterocycles. The van der Waals surface area contributed by atoms with Crippen molar-refractivity contribution in [3.05, 3.63) is 53.4 Å². The Morgan fingerprint density at radius 1 is 1.25 bits per heavy atom. The van der Waals surface area contributed by atoms with Gasteiger partial charge in [0.25, 0.3) is 0 Å². The molecule has 0 N–H and O–H groups in total. The minimum absolute atomic E-state index is 0.302. The minimum atomic E-state index is -0.302. The summed E-state index contributed by atoms with van der Waals surface area (Å²) >= 11 is 1.60. The van der Waals surface area contributed by atoms with Crippen LogP contribution < -0.4 is 0 Å². The Labute approximate surface area is 120 Å². The Hall–Kier alpha value is -2.20. The summed E-state index contributed by atoms with van der Waals surface area (Å²) in [5.41, 5.74) is 2.18. The summed E-state index contributed by atoms with van der Waals surface area (Å²) in [7, 11) is 0. The Morgan fingerprint density at radius 2 is 2.10 bits per heavy atom. The van der Waals surface area contributed by atoms with Gasteiger partial charge in [-0.2, -0.15) is 0 Å². The maximum absolute atomic E-state index is 12.1. The first-order chi connectivity index (χ1) is 9.79. The predicted molar refractivity (Wildman–Crippen MR) is 81.0 cm³/mol. The molecule has 0 aliphatic carbocycles. The van der Waals surface area contributed by atoms with Crippen molar-refractivity contribution in [1.82, 2.24) is 4.98 Å². The molecule has 0 spiro atoms. The lowest BCUT2D eigenvalue weighted by Crippen LogP contribution is -2.06. The van der Waals surface area contributed by atoms with Crippen LogP contribution >= 0.6 is 11.3 Å². The van der Waals surface area contributed by atoms with Crippen molar-refractivity contribution in [2.45, 2.75) is 6.92 Å².